The van der Waals surface area contributed by atoms with Crippen LogP contribution in [0.3, 0.4) is 0 Å². The van der Waals surface area contributed by atoms with Gasteiger partial charge >= 0.3 is 12.4 Å². The molecular weight excluding hydrogens is 491 g/mol. The van der Waals surface area contributed by atoms with E-state index in [0.29, 0.717) is 22.2 Å². The molecule has 1 heterocycles. The lowest BCUT2D eigenvalue weighted by atomic mass is 10.1. The highest BCUT2D eigenvalue weighted by molar-refractivity contribution is 6.35. The Kier molecular flexibility index (Phi) is 8.18. The van der Waals surface area contributed by atoms with Crippen LogP contribution in [0, 0.1) is 0 Å². The number of allylic oxidation sites excluding steroid dienone is 1. The summed E-state index contributed by atoms with van der Waals surface area (Å²) in [5, 5.41) is 2.74. The summed E-state index contributed by atoms with van der Waals surface area (Å²) in [5.74, 6) is -3.00. The van der Waals surface area contributed by atoms with Gasteiger partial charge in [0.05, 0.1) is 6.07 Å². The monoisotopic (exact) mass is 503 g/mol. The SMILES string of the molecule is C/C(=C\C(=O)Nc1nc(OCC(F)(F)F)cc(OCC(F)(F)F)n1)c1ccc(Cl)cc1Cl. The normalized spacial score (nSPS) is 12.5. The Hall–Kier alpha value is -2.73. The van der Waals surface area contributed by atoms with Crippen molar-refractivity contribution in [1.82, 2.24) is 9.97 Å². The van der Waals surface area contributed by atoms with E-state index in [-0.39, 0.29) is 5.02 Å². The van der Waals surface area contributed by atoms with Crippen molar-refractivity contribution in [2.24, 2.45) is 0 Å². The molecule has 0 saturated heterocycles. The van der Waals surface area contributed by atoms with Gasteiger partial charge in [-0.1, -0.05) is 29.3 Å². The summed E-state index contributed by atoms with van der Waals surface area (Å²) < 4.78 is 83.1. The third kappa shape index (κ3) is 8.79. The number of nitrogens with one attached hydrogen (secondary N) is 1. The van der Waals surface area contributed by atoms with E-state index in [1.807, 2.05) is 0 Å². The molecule has 2 rings (SSSR count). The number of ether oxygens (including phenoxy) is 2. The van der Waals surface area contributed by atoms with Gasteiger partial charge in [-0.3, -0.25) is 10.1 Å². The first-order chi connectivity index (χ1) is 14.7. The summed E-state index contributed by atoms with van der Waals surface area (Å²) in [6.07, 6.45) is -8.41. The number of rotatable bonds is 7. The van der Waals surface area contributed by atoms with E-state index in [1.54, 1.807) is 6.07 Å². The Morgan fingerprint density at radius 1 is 1.00 bits per heavy atom. The van der Waals surface area contributed by atoms with Crippen LogP contribution in [0.2, 0.25) is 10.0 Å². The zero-order chi connectivity index (χ0) is 24.1. The molecule has 0 aliphatic carbocycles. The van der Waals surface area contributed by atoms with Gasteiger partial charge < -0.3 is 9.47 Å². The summed E-state index contributed by atoms with van der Waals surface area (Å²) in [6, 6.07) is 5.16. The molecule has 0 radical (unpaired) electrons. The number of hydrogen-bond acceptors (Lipinski definition) is 5. The molecule has 0 aliphatic heterocycles. The Bertz CT molecular complexity index is 976. The number of benzene rings is 1. The number of anilines is 1. The minimum Gasteiger partial charge on any atom is -0.468 e. The standard InChI is InChI=1S/C18H13Cl2F6N3O3/c1-9(11-3-2-10(19)5-12(11)20)4-13(30)27-16-28-14(31-7-17(21,22)23)6-15(29-16)32-8-18(24,25)26/h2-6H,7-8H2,1H3,(H,27,28,29,30)/b9-4+. The van der Waals surface area contributed by atoms with E-state index >= 15 is 0 Å². The molecular formula is C18H13Cl2F6N3O3. The summed E-state index contributed by atoms with van der Waals surface area (Å²) in [7, 11) is 0. The number of carbonyl (C=O) groups is 1. The predicted octanol–water partition coefficient (Wildman–Crippen LogP) is 5.71. The lowest BCUT2D eigenvalue weighted by molar-refractivity contribution is -0.154. The van der Waals surface area contributed by atoms with Gasteiger partial charge in [0.15, 0.2) is 13.2 Å². The second-order valence-electron chi connectivity index (χ2n) is 6.12. The van der Waals surface area contributed by atoms with Crippen LogP contribution < -0.4 is 14.8 Å². The number of amides is 1. The van der Waals surface area contributed by atoms with E-state index in [4.69, 9.17) is 23.2 Å². The maximum Gasteiger partial charge on any atom is 0.422 e. The number of hydrogen-bond donors (Lipinski definition) is 1. The molecule has 0 bridgehead atoms. The van der Waals surface area contributed by atoms with Crippen molar-refractivity contribution in [3.63, 3.8) is 0 Å². The topological polar surface area (TPSA) is 73.3 Å². The van der Waals surface area contributed by atoms with E-state index in [9.17, 15) is 31.1 Å². The molecule has 1 amide bonds. The molecule has 1 aromatic heterocycles. The maximum absolute atomic E-state index is 12.4. The molecule has 174 valence electrons. The summed E-state index contributed by atoms with van der Waals surface area (Å²) >= 11 is 11.9. The van der Waals surface area contributed by atoms with Crippen molar-refractivity contribution in [2.45, 2.75) is 19.3 Å². The summed E-state index contributed by atoms with van der Waals surface area (Å²) in [6.45, 7) is -2.01. The minimum atomic E-state index is -4.74. The number of carbonyl (C=O) groups excluding carboxylic acids is 1. The van der Waals surface area contributed by atoms with Crippen molar-refractivity contribution < 1.29 is 40.6 Å². The van der Waals surface area contributed by atoms with Crippen LogP contribution >= 0.6 is 23.2 Å². The molecule has 0 saturated carbocycles. The van der Waals surface area contributed by atoms with Crippen molar-refractivity contribution >= 4 is 40.6 Å². The summed E-state index contributed by atoms with van der Waals surface area (Å²) in [5.41, 5.74) is 0.839. The molecule has 14 heteroatoms. The average Bonchev–Trinajstić information content (AvgIpc) is 2.63. The van der Waals surface area contributed by atoms with Crippen molar-refractivity contribution in [3.05, 3.63) is 46.0 Å². The lowest BCUT2D eigenvalue weighted by Gasteiger charge is -2.13. The van der Waals surface area contributed by atoms with Crippen molar-refractivity contribution in [1.29, 1.82) is 0 Å². The Morgan fingerprint density at radius 2 is 1.53 bits per heavy atom. The second kappa shape index (κ2) is 10.3. The molecule has 0 fully saturated rings. The second-order valence-corrected chi connectivity index (χ2v) is 6.96. The lowest BCUT2D eigenvalue weighted by Crippen LogP contribution is -2.22. The number of aromatic nitrogens is 2. The highest BCUT2D eigenvalue weighted by Gasteiger charge is 2.30. The molecule has 0 unspecified atom stereocenters. The molecule has 2 aromatic rings. The highest BCUT2D eigenvalue weighted by atomic mass is 35.5. The predicted molar refractivity (Wildman–Crippen MR) is 104 cm³/mol. The maximum atomic E-state index is 12.4. The van der Waals surface area contributed by atoms with Gasteiger partial charge in [-0.15, -0.1) is 0 Å². The third-order valence-electron chi connectivity index (χ3n) is 3.39. The van der Waals surface area contributed by atoms with E-state index < -0.39 is 49.2 Å². The number of halogens is 8. The van der Waals surface area contributed by atoms with Gasteiger partial charge in [-0.2, -0.15) is 36.3 Å². The fraction of sp³-hybridized carbons (Fsp3) is 0.278. The average molecular weight is 504 g/mol. The molecule has 0 atom stereocenters. The van der Waals surface area contributed by atoms with Gasteiger partial charge in [-0.25, -0.2) is 0 Å². The fourth-order valence-electron chi connectivity index (χ4n) is 2.15. The largest absolute Gasteiger partial charge is 0.468 e. The zero-order valence-electron chi connectivity index (χ0n) is 15.9. The third-order valence-corrected chi connectivity index (χ3v) is 3.93. The number of alkyl halides is 6. The van der Waals surface area contributed by atoms with Crippen LogP contribution in [0.5, 0.6) is 11.8 Å². The van der Waals surface area contributed by atoms with Gasteiger partial charge in [0.25, 0.3) is 5.91 Å². The zero-order valence-corrected chi connectivity index (χ0v) is 17.5. The fourth-order valence-corrected chi connectivity index (χ4v) is 2.71. The Morgan fingerprint density at radius 3 is 2.00 bits per heavy atom. The minimum absolute atomic E-state index is 0.251. The van der Waals surface area contributed by atoms with Crippen LogP contribution in [0.25, 0.3) is 5.57 Å². The molecule has 0 aliphatic rings. The van der Waals surface area contributed by atoms with E-state index in [1.165, 1.54) is 19.1 Å². The van der Waals surface area contributed by atoms with Gasteiger partial charge in [-0.05, 0) is 30.2 Å². The van der Waals surface area contributed by atoms with Gasteiger partial charge in [0.2, 0.25) is 17.7 Å². The quantitative estimate of drug-likeness (QED) is 0.387. The van der Waals surface area contributed by atoms with Crippen LogP contribution in [-0.4, -0.2) is 41.4 Å². The first-order valence-electron chi connectivity index (χ1n) is 8.45. The molecule has 6 nitrogen and oxygen atoms in total. The highest BCUT2D eigenvalue weighted by Crippen LogP contribution is 2.27. The first kappa shape index (κ1) is 25.5. The van der Waals surface area contributed by atoms with Crippen molar-refractivity contribution in [3.8, 4) is 11.8 Å². The van der Waals surface area contributed by atoms with Gasteiger partial charge in [0.1, 0.15) is 0 Å². The Balaban J connectivity index is 2.24. The number of nitrogens with zero attached hydrogens (tertiary/aromatic N) is 2. The van der Waals surface area contributed by atoms with Gasteiger partial charge in [0, 0.05) is 16.1 Å². The van der Waals surface area contributed by atoms with Crippen molar-refractivity contribution in [2.75, 3.05) is 18.5 Å². The van der Waals surface area contributed by atoms with Crippen LogP contribution in [-0.2, 0) is 4.79 Å². The van der Waals surface area contributed by atoms with Crippen LogP contribution in [0.1, 0.15) is 12.5 Å². The molecule has 1 aromatic carbocycles. The van der Waals surface area contributed by atoms with Crippen LogP contribution in [0.4, 0.5) is 32.3 Å². The Labute approximate surface area is 187 Å². The summed E-state index contributed by atoms with van der Waals surface area (Å²) in [4.78, 5) is 19.3. The molecule has 32 heavy (non-hydrogen) atoms. The van der Waals surface area contributed by atoms with E-state index in [0.717, 1.165) is 6.08 Å². The van der Waals surface area contributed by atoms with Crippen LogP contribution in [0.15, 0.2) is 30.3 Å². The van der Waals surface area contributed by atoms with E-state index in [2.05, 4.69) is 24.8 Å². The molecule has 1 N–H and O–H groups in total. The smallest absolute Gasteiger partial charge is 0.422 e. The first-order valence-corrected chi connectivity index (χ1v) is 9.20. The molecule has 0 spiro atoms.